The number of para-hydroxylation sites is 1. The lowest BCUT2D eigenvalue weighted by Crippen LogP contribution is -2.43. The lowest BCUT2D eigenvalue weighted by molar-refractivity contribution is 0.158. The predicted molar refractivity (Wildman–Crippen MR) is 79.7 cm³/mol. The molecular formula is C16H26N2O. The molecule has 0 aromatic heterocycles. The van der Waals surface area contributed by atoms with Crippen molar-refractivity contribution in [1.82, 2.24) is 4.90 Å². The van der Waals surface area contributed by atoms with Crippen molar-refractivity contribution in [2.75, 3.05) is 26.7 Å². The topological polar surface area (TPSA) is 38.5 Å². The molecule has 106 valence electrons. The van der Waals surface area contributed by atoms with E-state index in [1.165, 1.54) is 31.4 Å². The van der Waals surface area contributed by atoms with Crippen LogP contribution in [0.2, 0.25) is 0 Å². The van der Waals surface area contributed by atoms with Crippen LogP contribution < -0.4 is 10.5 Å². The standard InChI is InChI=1S/C16H26N2O/c1-3-19-16-10-5-4-8-13(16)14(12-17)15-9-6-7-11-18(15)2/h4-5,8,10,14-15H,3,6-7,9,11-12,17H2,1-2H3. The molecule has 1 fully saturated rings. The van der Waals surface area contributed by atoms with E-state index in [4.69, 9.17) is 10.5 Å². The largest absolute Gasteiger partial charge is 0.494 e. The second kappa shape index (κ2) is 6.92. The molecule has 2 atom stereocenters. The SMILES string of the molecule is CCOc1ccccc1C(CN)C1CCCCN1C. The molecule has 0 aliphatic carbocycles. The molecule has 19 heavy (non-hydrogen) atoms. The number of nitrogens with two attached hydrogens (primary N) is 1. The number of nitrogens with zero attached hydrogens (tertiary/aromatic N) is 1. The number of piperidine rings is 1. The highest BCUT2D eigenvalue weighted by molar-refractivity contribution is 5.37. The zero-order valence-corrected chi connectivity index (χ0v) is 12.1. The molecule has 1 aromatic carbocycles. The van der Waals surface area contributed by atoms with Crippen LogP contribution in [0.3, 0.4) is 0 Å². The summed E-state index contributed by atoms with van der Waals surface area (Å²) in [6.07, 6.45) is 3.85. The van der Waals surface area contributed by atoms with Crippen molar-refractivity contribution in [1.29, 1.82) is 0 Å². The van der Waals surface area contributed by atoms with Gasteiger partial charge in [-0.05, 0) is 39.4 Å². The summed E-state index contributed by atoms with van der Waals surface area (Å²) in [5, 5.41) is 0. The summed E-state index contributed by atoms with van der Waals surface area (Å²) < 4.78 is 5.77. The van der Waals surface area contributed by atoms with Crippen LogP contribution in [0.15, 0.2) is 24.3 Å². The molecule has 1 aliphatic heterocycles. The molecule has 0 radical (unpaired) electrons. The van der Waals surface area contributed by atoms with Gasteiger partial charge in [0, 0.05) is 24.1 Å². The van der Waals surface area contributed by atoms with Crippen molar-refractivity contribution in [3.8, 4) is 5.75 Å². The Hall–Kier alpha value is -1.06. The minimum Gasteiger partial charge on any atom is -0.494 e. The van der Waals surface area contributed by atoms with Gasteiger partial charge in [-0.1, -0.05) is 24.6 Å². The lowest BCUT2D eigenvalue weighted by atomic mass is 9.85. The van der Waals surface area contributed by atoms with E-state index in [2.05, 4.69) is 30.1 Å². The molecule has 2 N–H and O–H groups in total. The average Bonchev–Trinajstić information content (AvgIpc) is 2.44. The third-order valence-corrected chi connectivity index (χ3v) is 4.16. The van der Waals surface area contributed by atoms with Gasteiger partial charge in [0.25, 0.3) is 0 Å². The summed E-state index contributed by atoms with van der Waals surface area (Å²) in [7, 11) is 2.22. The Morgan fingerprint density at radius 2 is 2.16 bits per heavy atom. The number of rotatable bonds is 5. The first-order valence-electron chi connectivity index (χ1n) is 7.40. The highest BCUT2D eigenvalue weighted by Gasteiger charge is 2.29. The van der Waals surface area contributed by atoms with Crippen LogP contribution in [-0.4, -0.2) is 37.7 Å². The summed E-state index contributed by atoms with van der Waals surface area (Å²) in [6, 6.07) is 8.89. The van der Waals surface area contributed by atoms with Gasteiger partial charge in [-0.3, -0.25) is 0 Å². The Kier molecular flexibility index (Phi) is 5.23. The van der Waals surface area contributed by atoms with E-state index >= 15 is 0 Å². The van der Waals surface area contributed by atoms with E-state index in [-0.39, 0.29) is 0 Å². The van der Waals surface area contributed by atoms with Gasteiger partial charge in [0.15, 0.2) is 0 Å². The first-order valence-corrected chi connectivity index (χ1v) is 7.40. The molecule has 2 unspecified atom stereocenters. The fourth-order valence-corrected chi connectivity index (χ4v) is 3.17. The molecule has 3 nitrogen and oxygen atoms in total. The Bertz CT molecular complexity index is 394. The molecule has 3 heteroatoms. The van der Waals surface area contributed by atoms with Crippen LogP contribution in [0.25, 0.3) is 0 Å². The van der Waals surface area contributed by atoms with Crippen LogP contribution in [0.4, 0.5) is 0 Å². The number of hydrogen-bond donors (Lipinski definition) is 1. The zero-order chi connectivity index (χ0) is 13.7. The monoisotopic (exact) mass is 262 g/mol. The van der Waals surface area contributed by atoms with Crippen LogP contribution >= 0.6 is 0 Å². The summed E-state index contributed by atoms with van der Waals surface area (Å²) in [6.45, 7) is 4.59. The maximum Gasteiger partial charge on any atom is 0.122 e. The first-order chi connectivity index (χ1) is 9.27. The molecule has 0 amide bonds. The van der Waals surface area contributed by atoms with Crippen LogP contribution in [-0.2, 0) is 0 Å². The van der Waals surface area contributed by atoms with Crippen LogP contribution in [0.1, 0.15) is 37.7 Å². The number of ether oxygens (including phenoxy) is 1. The number of benzene rings is 1. The fourth-order valence-electron chi connectivity index (χ4n) is 3.17. The van der Waals surface area contributed by atoms with Gasteiger partial charge in [0.05, 0.1) is 6.61 Å². The van der Waals surface area contributed by atoms with E-state index in [1.54, 1.807) is 0 Å². The Labute approximate surface area is 116 Å². The zero-order valence-electron chi connectivity index (χ0n) is 12.1. The number of likely N-dealkylation sites (tertiary alicyclic amines) is 1. The maximum atomic E-state index is 6.08. The van der Waals surface area contributed by atoms with Crippen LogP contribution in [0, 0.1) is 0 Å². The van der Waals surface area contributed by atoms with Crippen molar-refractivity contribution >= 4 is 0 Å². The summed E-state index contributed by atoms with van der Waals surface area (Å²) in [4.78, 5) is 2.46. The van der Waals surface area contributed by atoms with E-state index in [0.29, 0.717) is 25.1 Å². The molecule has 1 saturated heterocycles. The van der Waals surface area contributed by atoms with Crippen LogP contribution in [0.5, 0.6) is 5.75 Å². The molecule has 1 aromatic rings. The Morgan fingerprint density at radius 3 is 2.84 bits per heavy atom. The van der Waals surface area contributed by atoms with Gasteiger partial charge in [-0.25, -0.2) is 0 Å². The normalized spacial score (nSPS) is 22.2. The summed E-state index contributed by atoms with van der Waals surface area (Å²) in [5.74, 6) is 1.37. The molecule has 1 heterocycles. The quantitative estimate of drug-likeness (QED) is 0.886. The molecule has 2 rings (SSSR count). The average molecular weight is 262 g/mol. The van der Waals surface area contributed by atoms with Crippen molar-refractivity contribution in [3.63, 3.8) is 0 Å². The van der Waals surface area contributed by atoms with E-state index in [9.17, 15) is 0 Å². The van der Waals surface area contributed by atoms with Gasteiger partial charge in [0.1, 0.15) is 5.75 Å². The first kappa shape index (κ1) is 14.4. The minimum absolute atomic E-state index is 0.369. The number of likely N-dealkylation sites (N-methyl/N-ethyl adjacent to an activating group) is 1. The Balaban J connectivity index is 2.25. The third kappa shape index (κ3) is 3.28. The second-order valence-corrected chi connectivity index (χ2v) is 5.36. The second-order valence-electron chi connectivity index (χ2n) is 5.36. The Morgan fingerprint density at radius 1 is 1.37 bits per heavy atom. The predicted octanol–water partition coefficient (Wildman–Crippen LogP) is 2.61. The van der Waals surface area contributed by atoms with Crippen molar-refractivity contribution in [2.45, 2.75) is 38.1 Å². The maximum absolute atomic E-state index is 6.08. The van der Waals surface area contributed by atoms with Gasteiger partial charge in [-0.2, -0.15) is 0 Å². The van der Waals surface area contributed by atoms with E-state index in [1.807, 2.05) is 13.0 Å². The third-order valence-electron chi connectivity index (χ3n) is 4.16. The smallest absolute Gasteiger partial charge is 0.122 e. The summed E-state index contributed by atoms with van der Waals surface area (Å²) in [5.41, 5.74) is 7.35. The van der Waals surface area contributed by atoms with Gasteiger partial charge < -0.3 is 15.4 Å². The van der Waals surface area contributed by atoms with Gasteiger partial charge in [-0.15, -0.1) is 0 Å². The molecular weight excluding hydrogens is 236 g/mol. The molecule has 0 saturated carbocycles. The highest BCUT2D eigenvalue weighted by atomic mass is 16.5. The molecule has 1 aliphatic rings. The minimum atomic E-state index is 0.369. The molecule has 0 bridgehead atoms. The van der Waals surface area contributed by atoms with E-state index < -0.39 is 0 Å². The van der Waals surface area contributed by atoms with Crippen molar-refractivity contribution < 1.29 is 4.74 Å². The number of hydrogen-bond acceptors (Lipinski definition) is 3. The van der Waals surface area contributed by atoms with E-state index in [0.717, 1.165) is 5.75 Å². The molecule has 0 spiro atoms. The van der Waals surface area contributed by atoms with Gasteiger partial charge >= 0.3 is 0 Å². The fraction of sp³-hybridized carbons (Fsp3) is 0.625. The highest BCUT2D eigenvalue weighted by Crippen LogP contribution is 2.34. The van der Waals surface area contributed by atoms with Crippen molar-refractivity contribution in [2.24, 2.45) is 5.73 Å². The van der Waals surface area contributed by atoms with Gasteiger partial charge in [0.2, 0.25) is 0 Å². The summed E-state index contributed by atoms with van der Waals surface area (Å²) >= 11 is 0. The lowest BCUT2D eigenvalue weighted by Gasteiger charge is -2.38. The van der Waals surface area contributed by atoms with Crippen molar-refractivity contribution in [3.05, 3.63) is 29.8 Å².